The van der Waals surface area contributed by atoms with Gasteiger partial charge in [0.05, 0.1) is 26.4 Å². The molecule has 6 heteroatoms. The van der Waals surface area contributed by atoms with E-state index in [1.165, 1.54) is 0 Å². The minimum atomic E-state index is -0.903. The van der Waals surface area contributed by atoms with Crippen LogP contribution in [0.1, 0.15) is 48.5 Å². The molecule has 0 aliphatic carbocycles. The van der Waals surface area contributed by atoms with Crippen LogP contribution in [-0.4, -0.2) is 58.7 Å². The minimum Gasteiger partial charge on any atom is -0.394 e. The van der Waals surface area contributed by atoms with Crippen molar-refractivity contribution in [2.75, 3.05) is 26.4 Å². The van der Waals surface area contributed by atoms with E-state index in [0.29, 0.717) is 6.61 Å². The van der Waals surface area contributed by atoms with Gasteiger partial charge < -0.3 is 19.7 Å². The van der Waals surface area contributed by atoms with Crippen molar-refractivity contribution >= 4 is 0 Å². The van der Waals surface area contributed by atoms with Gasteiger partial charge in [0, 0.05) is 0 Å². The maximum atomic E-state index is 8.57. The summed E-state index contributed by atoms with van der Waals surface area (Å²) in [6, 6.07) is 0. The molecule has 0 aromatic heterocycles. The Labute approximate surface area is 146 Å². The SMILES string of the molecule is CC#CC(C)(C)OCCO.CC(C)(C#CC(C)(C)OCCO)OO. The van der Waals surface area contributed by atoms with Crippen LogP contribution in [0, 0.1) is 23.7 Å². The summed E-state index contributed by atoms with van der Waals surface area (Å²) in [7, 11) is 0. The molecule has 0 aliphatic heterocycles. The van der Waals surface area contributed by atoms with Crippen LogP contribution >= 0.6 is 0 Å². The van der Waals surface area contributed by atoms with E-state index < -0.39 is 16.8 Å². The van der Waals surface area contributed by atoms with Gasteiger partial charge in [0.25, 0.3) is 0 Å². The van der Waals surface area contributed by atoms with E-state index in [-0.39, 0.29) is 19.8 Å². The molecule has 0 spiro atoms. The molecule has 0 radical (unpaired) electrons. The van der Waals surface area contributed by atoms with E-state index in [4.69, 9.17) is 24.9 Å². The van der Waals surface area contributed by atoms with E-state index in [0.717, 1.165) is 0 Å². The van der Waals surface area contributed by atoms with Crippen molar-refractivity contribution in [3.8, 4) is 23.7 Å². The molecule has 0 atom stereocenters. The predicted octanol–water partition coefficient (Wildman–Crippen LogP) is 1.84. The molecule has 0 amide bonds. The highest BCUT2D eigenvalue weighted by Crippen LogP contribution is 2.10. The third kappa shape index (κ3) is 15.8. The normalized spacial score (nSPS) is 11.4. The molecule has 0 saturated heterocycles. The maximum Gasteiger partial charge on any atom is 0.158 e. The molecule has 0 heterocycles. The summed E-state index contributed by atoms with van der Waals surface area (Å²) in [6.45, 7) is 13.0. The summed E-state index contributed by atoms with van der Waals surface area (Å²) in [5.74, 6) is 11.2. The first kappa shape index (κ1) is 25.1. The maximum absolute atomic E-state index is 8.57. The first-order valence-electron chi connectivity index (χ1n) is 7.75. The average molecular weight is 344 g/mol. The monoisotopic (exact) mass is 344 g/mol. The van der Waals surface area contributed by atoms with Crippen LogP contribution in [0.25, 0.3) is 0 Å². The van der Waals surface area contributed by atoms with Crippen LogP contribution < -0.4 is 0 Å². The van der Waals surface area contributed by atoms with Crippen molar-refractivity contribution in [3.05, 3.63) is 0 Å². The summed E-state index contributed by atoms with van der Waals surface area (Å²) >= 11 is 0. The van der Waals surface area contributed by atoms with Crippen molar-refractivity contribution in [1.29, 1.82) is 0 Å². The van der Waals surface area contributed by atoms with Gasteiger partial charge in [-0.3, -0.25) is 5.26 Å². The first-order chi connectivity index (χ1) is 10.9. The molecular weight excluding hydrogens is 312 g/mol. The number of ether oxygens (including phenoxy) is 2. The third-order valence-electron chi connectivity index (χ3n) is 2.43. The Kier molecular flexibility index (Phi) is 12.8. The Morgan fingerprint density at radius 3 is 1.42 bits per heavy atom. The minimum absolute atomic E-state index is 0.0367. The van der Waals surface area contributed by atoms with Gasteiger partial charge in [-0.2, -0.15) is 0 Å². The number of hydrogen-bond acceptors (Lipinski definition) is 6. The Morgan fingerprint density at radius 2 is 1.08 bits per heavy atom. The second-order valence-electron chi connectivity index (χ2n) is 6.39. The molecule has 0 aromatic rings. The first-order valence-corrected chi connectivity index (χ1v) is 7.75. The van der Waals surface area contributed by atoms with E-state index >= 15 is 0 Å². The highest BCUT2D eigenvalue weighted by atomic mass is 17.1. The fourth-order valence-electron chi connectivity index (χ4n) is 1.30. The Hall–Kier alpha value is -1.12. The quantitative estimate of drug-likeness (QED) is 0.371. The Morgan fingerprint density at radius 1 is 0.708 bits per heavy atom. The molecule has 0 saturated carbocycles. The number of aliphatic hydroxyl groups excluding tert-OH is 2. The van der Waals surface area contributed by atoms with Gasteiger partial charge in [0.2, 0.25) is 0 Å². The Balaban J connectivity index is 0. The zero-order valence-electron chi connectivity index (χ0n) is 15.9. The van der Waals surface area contributed by atoms with Crippen LogP contribution in [0.5, 0.6) is 0 Å². The molecule has 0 unspecified atom stereocenters. The molecule has 0 rings (SSSR count). The number of hydrogen-bond donors (Lipinski definition) is 3. The lowest BCUT2D eigenvalue weighted by Crippen LogP contribution is -2.26. The molecular formula is C18H32O6. The van der Waals surface area contributed by atoms with Gasteiger partial charge in [-0.05, 0) is 48.5 Å². The van der Waals surface area contributed by atoms with Gasteiger partial charge in [-0.25, -0.2) is 4.89 Å². The smallest absolute Gasteiger partial charge is 0.158 e. The van der Waals surface area contributed by atoms with Crippen molar-refractivity contribution in [2.24, 2.45) is 0 Å². The molecule has 3 N–H and O–H groups in total. The lowest BCUT2D eigenvalue weighted by Gasteiger charge is -2.19. The fourth-order valence-corrected chi connectivity index (χ4v) is 1.30. The molecule has 0 fully saturated rings. The second-order valence-corrected chi connectivity index (χ2v) is 6.39. The summed E-state index contributed by atoms with van der Waals surface area (Å²) < 4.78 is 10.5. The van der Waals surface area contributed by atoms with Crippen molar-refractivity contribution in [3.63, 3.8) is 0 Å². The summed E-state index contributed by atoms with van der Waals surface area (Å²) in [5.41, 5.74) is -1.98. The predicted molar refractivity (Wildman–Crippen MR) is 93.3 cm³/mol. The molecule has 24 heavy (non-hydrogen) atoms. The number of rotatable bonds is 7. The lowest BCUT2D eigenvalue weighted by molar-refractivity contribution is -0.293. The molecule has 140 valence electrons. The van der Waals surface area contributed by atoms with Gasteiger partial charge in [0.1, 0.15) is 11.2 Å². The van der Waals surface area contributed by atoms with E-state index in [2.05, 4.69) is 28.6 Å². The van der Waals surface area contributed by atoms with Gasteiger partial charge in [0.15, 0.2) is 5.60 Å². The van der Waals surface area contributed by atoms with Gasteiger partial charge >= 0.3 is 0 Å². The highest BCUT2D eigenvalue weighted by molar-refractivity contribution is 5.17. The summed E-state index contributed by atoms with van der Waals surface area (Å²) in [4.78, 5) is 4.16. The van der Waals surface area contributed by atoms with Gasteiger partial charge in [-0.15, -0.1) is 5.92 Å². The van der Waals surface area contributed by atoms with Crippen LogP contribution in [0.4, 0.5) is 0 Å². The van der Waals surface area contributed by atoms with Crippen LogP contribution in [-0.2, 0) is 14.4 Å². The van der Waals surface area contributed by atoms with Crippen LogP contribution in [0.15, 0.2) is 0 Å². The zero-order chi connectivity index (χ0) is 19.3. The topological polar surface area (TPSA) is 88.4 Å². The van der Waals surface area contributed by atoms with Crippen molar-refractivity contribution in [1.82, 2.24) is 0 Å². The van der Waals surface area contributed by atoms with E-state index in [1.54, 1.807) is 34.6 Å². The van der Waals surface area contributed by atoms with Crippen LogP contribution in [0.3, 0.4) is 0 Å². The van der Waals surface area contributed by atoms with E-state index in [1.807, 2.05) is 13.8 Å². The molecule has 0 bridgehead atoms. The van der Waals surface area contributed by atoms with Crippen molar-refractivity contribution < 1.29 is 29.8 Å². The standard InChI is InChI=1S/C10H18O4.C8H14O2/c1-9(2,13-8-7-11)5-6-10(3,4)14-12;1-4-5-8(2,3)10-7-6-9/h11-12H,7-8H2,1-4H3;9H,6-7H2,1-3H3. The highest BCUT2D eigenvalue weighted by Gasteiger charge is 2.18. The second kappa shape index (κ2) is 12.3. The molecule has 6 nitrogen and oxygen atoms in total. The lowest BCUT2D eigenvalue weighted by atomic mass is 10.1. The zero-order valence-corrected chi connectivity index (χ0v) is 15.9. The summed E-state index contributed by atoms with van der Waals surface area (Å²) in [5, 5.41) is 25.5. The van der Waals surface area contributed by atoms with Crippen molar-refractivity contribution in [2.45, 2.75) is 65.3 Å². The fraction of sp³-hybridized carbons (Fsp3) is 0.778. The summed E-state index contributed by atoms with van der Waals surface area (Å²) in [6.07, 6.45) is 0. The third-order valence-corrected chi connectivity index (χ3v) is 2.43. The largest absolute Gasteiger partial charge is 0.394 e. The molecule has 0 aliphatic rings. The average Bonchev–Trinajstić information content (AvgIpc) is 2.50. The Bertz CT molecular complexity index is 446. The van der Waals surface area contributed by atoms with Crippen LogP contribution in [0.2, 0.25) is 0 Å². The van der Waals surface area contributed by atoms with E-state index in [9.17, 15) is 0 Å². The molecule has 0 aromatic carbocycles. The number of aliphatic hydroxyl groups is 2. The van der Waals surface area contributed by atoms with Gasteiger partial charge in [-0.1, -0.05) is 17.8 Å².